The second-order valence-corrected chi connectivity index (χ2v) is 5.84. The Morgan fingerprint density at radius 2 is 2.04 bits per heavy atom. The zero-order valence-corrected chi connectivity index (χ0v) is 15.2. The summed E-state index contributed by atoms with van der Waals surface area (Å²) in [7, 11) is 0. The molecule has 0 aliphatic heterocycles. The van der Waals surface area contributed by atoms with Gasteiger partial charge in [-0.15, -0.1) is 0 Å². The number of benzene rings is 1. The van der Waals surface area contributed by atoms with Crippen LogP contribution in [0.4, 0.5) is 16.2 Å². The number of anilines is 2. The van der Waals surface area contributed by atoms with E-state index in [-0.39, 0.29) is 6.03 Å². The van der Waals surface area contributed by atoms with E-state index in [1.165, 1.54) is 0 Å². The molecular formula is C17H23ClN4O2. The number of nitrogens with one attached hydrogen (secondary N) is 2. The molecule has 0 saturated heterocycles. The minimum Gasteiger partial charge on any atom is -0.492 e. The number of halogens is 1. The van der Waals surface area contributed by atoms with Gasteiger partial charge in [-0.3, -0.25) is 4.68 Å². The predicted octanol–water partition coefficient (Wildman–Crippen LogP) is 4.61. The van der Waals surface area contributed by atoms with Crippen molar-refractivity contribution in [2.45, 2.75) is 40.7 Å². The van der Waals surface area contributed by atoms with Gasteiger partial charge in [0.05, 0.1) is 28.7 Å². The Morgan fingerprint density at radius 3 is 2.62 bits per heavy atom. The number of carbonyl (C=O) groups excluding carboxylic acids is 1. The van der Waals surface area contributed by atoms with Crippen LogP contribution >= 0.6 is 11.6 Å². The van der Waals surface area contributed by atoms with Crippen LogP contribution in [-0.4, -0.2) is 22.4 Å². The smallest absolute Gasteiger partial charge is 0.323 e. The number of aromatic nitrogens is 2. The van der Waals surface area contributed by atoms with Gasteiger partial charge in [0.15, 0.2) is 0 Å². The zero-order chi connectivity index (χ0) is 17.7. The van der Waals surface area contributed by atoms with Crippen molar-refractivity contribution in [1.82, 2.24) is 9.78 Å². The number of rotatable bonds is 6. The van der Waals surface area contributed by atoms with E-state index < -0.39 is 0 Å². The molecule has 1 aromatic heterocycles. The van der Waals surface area contributed by atoms with Crippen molar-refractivity contribution in [3.8, 4) is 5.75 Å². The third-order valence-corrected chi connectivity index (χ3v) is 3.87. The summed E-state index contributed by atoms with van der Waals surface area (Å²) >= 11 is 6.17. The van der Waals surface area contributed by atoms with Crippen molar-refractivity contribution < 1.29 is 9.53 Å². The number of ether oxygens (including phenoxy) is 1. The topological polar surface area (TPSA) is 68.2 Å². The summed E-state index contributed by atoms with van der Waals surface area (Å²) in [5.74, 6) is 0.611. The van der Waals surface area contributed by atoms with E-state index in [4.69, 9.17) is 16.3 Å². The Bertz CT molecular complexity index is 728. The monoisotopic (exact) mass is 350 g/mol. The molecule has 1 aromatic carbocycles. The molecule has 2 aromatic rings. The Hall–Kier alpha value is -2.21. The van der Waals surface area contributed by atoms with Crippen LogP contribution < -0.4 is 15.4 Å². The number of hydrogen-bond donors (Lipinski definition) is 2. The van der Waals surface area contributed by atoms with Gasteiger partial charge in [0.2, 0.25) is 0 Å². The fourth-order valence-corrected chi connectivity index (χ4v) is 2.60. The average molecular weight is 351 g/mol. The molecule has 1 heterocycles. The van der Waals surface area contributed by atoms with Gasteiger partial charge in [0, 0.05) is 12.2 Å². The van der Waals surface area contributed by atoms with E-state index in [0.717, 1.165) is 30.0 Å². The first-order valence-electron chi connectivity index (χ1n) is 8.00. The highest BCUT2D eigenvalue weighted by Crippen LogP contribution is 2.28. The van der Waals surface area contributed by atoms with Crippen molar-refractivity contribution in [3.05, 3.63) is 34.6 Å². The van der Waals surface area contributed by atoms with E-state index in [0.29, 0.717) is 23.1 Å². The second kappa shape index (κ2) is 8.06. The van der Waals surface area contributed by atoms with E-state index in [2.05, 4.69) is 15.7 Å². The van der Waals surface area contributed by atoms with Gasteiger partial charge in [0.1, 0.15) is 5.75 Å². The standard InChI is InChI=1S/C17H23ClN4O2/c1-5-9-24-15-8-7-13(10-14(15)18)19-17(23)20-16-11(3)21-22(6-2)12(16)4/h7-8,10H,5-6,9H2,1-4H3,(H2,19,20,23). The molecule has 0 saturated carbocycles. The number of aryl methyl sites for hydroxylation is 2. The minimum atomic E-state index is -0.338. The van der Waals surface area contributed by atoms with Gasteiger partial charge in [0.25, 0.3) is 0 Å². The molecule has 24 heavy (non-hydrogen) atoms. The molecule has 0 spiro atoms. The molecule has 6 nitrogen and oxygen atoms in total. The minimum absolute atomic E-state index is 0.338. The maximum absolute atomic E-state index is 12.2. The first kappa shape index (κ1) is 18.1. The highest BCUT2D eigenvalue weighted by atomic mass is 35.5. The van der Waals surface area contributed by atoms with Crippen LogP contribution in [0.5, 0.6) is 5.75 Å². The molecule has 0 fully saturated rings. The van der Waals surface area contributed by atoms with Gasteiger partial charge in [-0.05, 0) is 45.4 Å². The number of amides is 2. The van der Waals surface area contributed by atoms with Crippen LogP contribution in [0.3, 0.4) is 0 Å². The second-order valence-electron chi connectivity index (χ2n) is 5.43. The normalized spacial score (nSPS) is 10.5. The SMILES string of the molecule is CCCOc1ccc(NC(=O)Nc2c(C)nn(CC)c2C)cc1Cl. The lowest BCUT2D eigenvalue weighted by atomic mass is 10.3. The molecule has 0 atom stereocenters. The quantitative estimate of drug-likeness (QED) is 0.799. The average Bonchev–Trinajstić information content (AvgIpc) is 2.81. The summed E-state index contributed by atoms with van der Waals surface area (Å²) in [5.41, 5.74) is 3.03. The van der Waals surface area contributed by atoms with Gasteiger partial charge in [-0.25, -0.2) is 4.79 Å². The number of nitrogens with zero attached hydrogens (tertiary/aromatic N) is 2. The lowest BCUT2D eigenvalue weighted by Crippen LogP contribution is -2.20. The summed E-state index contributed by atoms with van der Waals surface area (Å²) in [6, 6.07) is 4.83. The largest absolute Gasteiger partial charge is 0.492 e. The molecule has 7 heteroatoms. The molecule has 2 N–H and O–H groups in total. The molecule has 0 bridgehead atoms. The maximum atomic E-state index is 12.2. The van der Waals surface area contributed by atoms with Gasteiger partial charge < -0.3 is 15.4 Å². The van der Waals surface area contributed by atoms with Crippen LogP contribution in [0.25, 0.3) is 0 Å². The van der Waals surface area contributed by atoms with E-state index >= 15 is 0 Å². The first-order valence-corrected chi connectivity index (χ1v) is 8.38. The number of hydrogen-bond acceptors (Lipinski definition) is 3. The molecule has 0 aliphatic rings. The number of urea groups is 1. The lowest BCUT2D eigenvalue weighted by molar-refractivity contribution is 0.262. The molecular weight excluding hydrogens is 328 g/mol. The van der Waals surface area contributed by atoms with Crippen molar-refractivity contribution in [3.63, 3.8) is 0 Å². The van der Waals surface area contributed by atoms with Gasteiger partial charge in [-0.2, -0.15) is 5.10 Å². The third-order valence-electron chi connectivity index (χ3n) is 3.57. The molecule has 2 amide bonds. The highest BCUT2D eigenvalue weighted by molar-refractivity contribution is 6.32. The Morgan fingerprint density at radius 1 is 1.29 bits per heavy atom. The lowest BCUT2D eigenvalue weighted by Gasteiger charge is -2.11. The summed E-state index contributed by atoms with van der Waals surface area (Å²) in [6.07, 6.45) is 0.906. The summed E-state index contributed by atoms with van der Waals surface area (Å²) < 4.78 is 7.37. The third kappa shape index (κ3) is 4.20. The molecule has 0 unspecified atom stereocenters. The molecule has 0 radical (unpaired) electrons. The van der Waals surface area contributed by atoms with Crippen LogP contribution in [0.15, 0.2) is 18.2 Å². The van der Waals surface area contributed by atoms with Crippen LogP contribution in [0.1, 0.15) is 31.7 Å². The molecule has 2 rings (SSSR count). The summed E-state index contributed by atoms with van der Waals surface area (Å²) in [6.45, 7) is 9.19. The van der Waals surface area contributed by atoms with Gasteiger partial charge in [-0.1, -0.05) is 18.5 Å². The van der Waals surface area contributed by atoms with E-state index in [1.54, 1.807) is 18.2 Å². The fourth-order valence-electron chi connectivity index (χ4n) is 2.37. The van der Waals surface area contributed by atoms with Gasteiger partial charge >= 0.3 is 6.03 Å². The Labute approximate surface area is 147 Å². The molecule has 0 aliphatic carbocycles. The summed E-state index contributed by atoms with van der Waals surface area (Å²) in [5, 5.41) is 10.5. The van der Waals surface area contributed by atoms with Crippen LogP contribution in [0, 0.1) is 13.8 Å². The maximum Gasteiger partial charge on any atom is 0.323 e. The van der Waals surface area contributed by atoms with Crippen molar-refractivity contribution >= 4 is 29.0 Å². The van der Waals surface area contributed by atoms with Crippen molar-refractivity contribution in [2.24, 2.45) is 0 Å². The van der Waals surface area contributed by atoms with Crippen LogP contribution in [-0.2, 0) is 6.54 Å². The van der Waals surface area contributed by atoms with Crippen LogP contribution in [0.2, 0.25) is 5.02 Å². The van der Waals surface area contributed by atoms with Crippen molar-refractivity contribution in [2.75, 3.05) is 17.2 Å². The van der Waals surface area contributed by atoms with E-state index in [1.807, 2.05) is 32.4 Å². The highest BCUT2D eigenvalue weighted by Gasteiger charge is 2.14. The first-order chi connectivity index (χ1) is 11.5. The van der Waals surface area contributed by atoms with E-state index in [9.17, 15) is 4.79 Å². The van der Waals surface area contributed by atoms with Crippen molar-refractivity contribution in [1.29, 1.82) is 0 Å². The Kier molecular flexibility index (Phi) is 6.09. The number of carbonyl (C=O) groups is 1. The fraction of sp³-hybridized carbons (Fsp3) is 0.412. The predicted molar refractivity (Wildman–Crippen MR) is 97.3 cm³/mol. The molecule has 130 valence electrons. The zero-order valence-electron chi connectivity index (χ0n) is 14.4. The summed E-state index contributed by atoms with van der Waals surface area (Å²) in [4.78, 5) is 12.2. The Balaban J connectivity index is 2.05.